The Hall–Kier alpha value is -1.35. The van der Waals surface area contributed by atoms with E-state index in [1.54, 1.807) is 12.1 Å². The summed E-state index contributed by atoms with van der Waals surface area (Å²) in [6, 6.07) is 7.25. The highest BCUT2D eigenvalue weighted by molar-refractivity contribution is 7.92. The Kier molecular flexibility index (Phi) is 3.80. The second-order valence-corrected chi connectivity index (χ2v) is 9.17. The predicted octanol–water partition coefficient (Wildman–Crippen LogP) is 4.32. The lowest BCUT2D eigenvalue weighted by atomic mass is 9.61. The van der Waals surface area contributed by atoms with Crippen LogP contribution in [0.4, 0.5) is 0 Å². The summed E-state index contributed by atoms with van der Waals surface area (Å²) in [7, 11) is -3.22. The monoisotopic (exact) mass is 316 g/mol. The maximum absolute atomic E-state index is 12.9. The van der Waals surface area contributed by atoms with Crippen LogP contribution in [-0.2, 0) is 9.84 Å². The smallest absolute Gasteiger partial charge is 0.181 e. The zero-order valence-corrected chi connectivity index (χ0v) is 14.4. The van der Waals surface area contributed by atoms with Gasteiger partial charge in [0.05, 0.1) is 10.1 Å². The highest BCUT2D eigenvalue weighted by Gasteiger charge is 2.53. The van der Waals surface area contributed by atoms with Gasteiger partial charge in [0.1, 0.15) is 0 Å². The van der Waals surface area contributed by atoms with Crippen LogP contribution >= 0.6 is 0 Å². The number of allylic oxidation sites excluding steroid dienone is 3. The van der Waals surface area contributed by atoms with E-state index in [0.717, 1.165) is 18.4 Å². The van der Waals surface area contributed by atoms with Crippen molar-refractivity contribution < 1.29 is 8.42 Å². The first-order chi connectivity index (χ1) is 10.4. The lowest BCUT2D eigenvalue weighted by Crippen LogP contribution is -2.35. The fourth-order valence-electron chi connectivity index (χ4n) is 4.32. The molecule has 0 spiro atoms. The Balaban J connectivity index is 1.88. The Labute approximate surface area is 133 Å². The second-order valence-electron chi connectivity index (χ2n) is 6.94. The summed E-state index contributed by atoms with van der Waals surface area (Å²) < 4.78 is 25.8. The summed E-state index contributed by atoms with van der Waals surface area (Å²) in [6.45, 7) is 10.2. The number of fused-ring (bicyclic) bond motifs is 1. The van der Waals surface area contributed by atoms with Crippen LogP contribution in [0.3, 0.4) is 0 Å². The van der Waals surface area contributed by atoms with E-state index in [9.17, 15) is 8.42 Å². The van der Waals surface area contributed by atoms with Gasteiger partial charge in [-0.25, -0.2) is 8.42 Å². The molecule has 0 heterocycles. The average Bonchev–Trinajstić information content (AvgIpc) is 2.80. The largest absolute Gasteiger partial charge is 0.223 e. The van der Waals surface area contributed by atoms with Crippen molar-refractivity contribution in [2.24, 2.45) is 17.8 Å². The third kappa shape index (κ3) is 2.26. The molecule has 2 aliphatic rings. The summed E-state index contributed by atoms with van der Waals surface area (Å²) in [4.78, 5) is 0.471. The molecule has 0 N–H and O–H groups in total. The third-order valence-corrected chi connectivity index (χ3v) is 7.60. The molecule has 2 saturated carbocycles. The van der Waals surface area contributed by atoms with Gasteiger partial charge in [-0.05, 0) is 57.6 Å². The van der Waals surface area contributed by atoms with Gasteiger partial charge in [-0.3, -0.25) is 0 Å². The first-order valence-corrected chi connectivity index (χ1v) is 9.51. The molecule has 0 amide bonds. The summed E-state index contributed by atoms with van der Waals surface area (Å²) in [5, 5.41) is -0.246. The van der Waals surface area contributed by atoms with Gasteiger partial charge < -0.3 is 0 Å². The molecule has 118 valence electrons. The number of rotatable bonds is 3. The standard InChI is InChI=1S/C19H24O2S/c1-5-16-17-10-15(11-18(17)19(16)12(2)3)22(20,21)14-8-6-13(4)7-9-14/h5-9,15-18H,1,10-11H2,2-4H3/t15?,16-,17+,18+/m0/s1. The first kappa shape index (κ1) is 15.5. The van der Waals surface area contributed by atoms with Crippen molar-refractivity contribution >= 4 is 9.84 Å². The van der Waals surface area contributed by atoms with Crippen LogP contribution in [-0.4, -0.2) is 13.7 Å². The summed E-state index contributed by atoms with van der Waals surface area (Å²) in [6.07, 6.45) is 3.55. The average molecular weight is 316 g/mol. The second kappa shape index (κ2) is 5.38. The van der Waals surface area contributed by atoms with E-state index in [1.807, 2.05) is 25.1 Å². The highest BCUT2D eigenvalue weighted by Crippen LogP contribution is 2.58. The molecule has 0 bridgehead atoms. The first-order valence-electron chi connectivity index (χ1n) is 7.96. The van der Waals surface area contributed by atoms with E-state index in [2.05, 4.69) is 20.4 Å². The van der Waals surface area contributed by atoms with Gasteiger partial charge in [0.2, 0.25) is 0 Å². The fourth-order valence-corrected chi connectivity index (χ4v) is 6.15. The van der Waals surface area contributed by atoms with E-state index < -0.39 is 9.84 Å². The van der Waals surface area contributed by atoms with Gasteiger partial charge in [-0.2, -0.15) is 0 Å². The quantitative estimate of drug-likeness (QED) is 0.778. The van der Waals surface area contributed by atoms with Crippen LogP contribution in [0.15, 0.2) is 53.0 Å². The Morgan fingerprint density at radius 2 is 1.82 bits per heavy atom. The zero-order valence-electron chi connectivity index (χ0n) is 13.5. The van der Waals surface area contributed by atoms with Crippen LogP contribution in [0.25, 0.3) is 0 Å². The SMILES string of the molecule is C=C[C@@H]1C(=C(C)C)[C@@H]2CC(S(=O)(=O)c3ccc(C)cc3)C[C@H]12. The van der Waals surface area contributed by atoms with Gasteiger partial charge in [-0.15, -0.1) is 6.58 Å². The van der Waals surface area contributed by atoms with Crippen LogP contribution < -0.4 is 0 Å². The maximum Gasteiger partial charge on any atom is 0.181 e. The molecule has 0 aliphatic heterocycles. The van der Waals surface area contributed by atoms with Crippen LogP contribution in [0.1, 0.15) is 32.3 Å². The van der Waals surface area contributed by atoms with Crippen molar-refractivity contribution in [2.45, 2.75) is 43.8 Å². The molecule has 0 radical (unpaired) electrons. The molecular formula is C19H24O2S. The number of benzene rings is 1. The van der Waals surface area contributed by atoms with E-state index in [0.29, 0.717) is 22.6 Å². The van der Waals surface area contributed by atoms with Gasteiger partial charge in [-0.1, -0.05) is 34.9 Å². The van der Waals surface area contributed by atoms with Crippen LogP contribution in [0.2, 0.25) is 0 Å². The van der Waals surface area contributed by atoms with Crippen molar-refractivity contribution in [2.75, 3.05) is 0 Å². The van der Waals surface area contributed by atoms with Crippen molar-refractivity contribution in [3.8, 4) is 0 Å². The molecule has 0 saturated heterocycles. The molecule has 3 heteroatoms. The molecule has 2 aliphatic carbocycles. The topological polar surface area (TPSA) is 34.1 Å². The number of hydrogen-bond donors (Lipinski definition) is 0. The minimum Gasteiger partial charge on any atom is -0.223 e. The van der Waals surface area contributed by atoms with E-state index in [-0.39, 0.29) is 5.25 Å². The molecule has 0 aromatic heterocycles. The summed E-state index contributed by atoms with van der Waals surface area (Å²) in [5.74, 6) is 1.29. The maximum atomic E-state index is 12.9. The Morgan fingerprint density at radius 1 is 1.18 bits per heavy atom. The predicted molar refractivity (Wildman–Crippen MR) is 90.4 cm³/mol. The zero-order chi connectivity index (χ0) is 16.1. The van der Waals surface area contributed by atoms with E-state index in [1.165, 1.54) is 11.1 Å². The molecule has 1 aromatic carbocycles. The van der Waals surface area contributed by atoms with Gasteiger partial charge in [0, 0.05) is 5.92 Å². The molecule has 3 rings (SSSR count). The summed E-state index contributed by atoms with van der Waals surface area (Å²) >= 11 is 0. The normalized spacial score (nSPS) is 30.6. The lowest BCUT2D eigenvalue weighted by molar-refractivity contribution is 0.248. The third-order valence-electron chi connectivity index (χ3n) is 5.41. The number of sulfone groups is 1. The van der Waals surface area contributed by atoms with Crippen molar-refractivity contribution in [1.82, 2.24) is 0 Å². The number of aryl methyl sites for hydroxylation is 1. The van der Waals surface area contributed by atoms with E-state index >= 15 is 0 Å². The molecular weight excluding hydrogens is 292 g/mol. The minimum atomic E-state index is -3.22. The Morgan fingerprint density at radius 3 is 2.36 bits per heavy atom. The molecule has 1 aromatic rings. The Bertz CT molecular complexity index is 721. The highest BCUT2D eigenvalue weighted by atomic mass is 32.2. The molecule has 2 nitrogen and oxygen atoms in total. The van der Waals surface area contributed by atoms with Crippen molar-refractivity contribution in [1.29, 1.82) is 0 Å². The van der Waals surface area contributed by atoms with Crippen LogP contribution in [0.5, 0.6) is 0 Å². The number of hydrogen-bond acceptors (Lipinski definition) is 2. The molecule has 2 fully saturated rings. The lowest BCUT2D eigenvalue weighted by Gasteiger charge is -2.43. The van der Waals surface area contributed by atoms with Gasteiger partial charge >= 0.3 is 0 Å². The fraction of sp³-hybridized carbons (Fsp3) is 0.474. The van der Waals surface area contributed by atoms with Crippen molar-refractivity contribution in [3.05, 3.63) is 53.6 Å². The van der Waals surface area contributed by atoms with Gasteiger partial charge in [0.25, 0.3) is 0 Å². The van der Waals surface area contributed by atoms with E-state index in [4.69, 9.17) is 0 Å². The molecule has 4 atom stereocenters. The molecule has 1 unspecified atom stereocenters. The summed E-state index contributed by atoms with van der Waals surface area (Å²) in [5.41, 5.74) is 3.85. The minimum absolute atomic E-state index is 0.246. The van der Waals surface area contributed by atoms with Crippen molar-refractivity contribution in [3.63, 3.8) is 0 Å². The van der Waals surface area contributed by atoms with Crippen LogP contribution in [0, 0.1) is 24.7 Å². The molecule has 22 heavy (non-hydrogen) atoms. The van der Waals surface area contributed by atoms with Gasteiger partial charge in [0.15, 0.2) is 9.84 Å².